The van der Waals surface area contributed by atoms with Crippen LogP contribution in [0.4, 0.5) is 5.82 Å². The molecular weight excluding hydrogens is 292 g/mol. The minimum Gasteiger partial charge on any atom is -0.363 e. The Balaban J connectivity index is 2.11. The number of nitrogens with one attached hydrogen (secondary N) is 1. The molecule has 20 heavy (non-hydrogen) atoms. The van der Waals surface area contributed by atoms with E-state index in [1.807, 2.05) is 6.20 Å². The van der Waals surface area contributed by atoms with Crippen LogP contribution in [0.2, 0.25) is 5.15 Å². The molecule has 0 saturated carbocycles. The fourth-order valence-corrected chi connectivity index (χ4v) is 2.59. The summed E-state index contributed by atoms with van der Waals surface area (Å²) in [6, 6.07) is 1.74. The van der Waals surface area contributed by atoms with Crippen molar-refractivity contribution in [1.29, 1.82) is 0 Å². The molecule has 0 fully saturated rings. The summed E-state index contributed by atoms with van der Waals surface area (Å²) < 4.78 is 0. The lowest BCUT2D eigenvalue weighted by molar-refractivity contribution is 0.546. The lowest BCUT2D eigenvalue weighted by Crippen LogP contribution is -2.17. The highest BCUT2D eigenvalue weighted by atomic mass is 35.5. The van der Waals surface area contributed by atoms with E-state index in [2.05, 4.69) is 48.0 Å². The summed E-state index contributed by atoms with van der Waals surface area (Å²) in [4.78, 5) is 14.5. The van der Waals surface area contributed by atoms with Crippen molar-refractivity contribution in [3.8, 4) is 0 Å². The van der Waals surface area contributed by atoms with Gasteiger partial charge in [-0.2, -0.15) is 0 Å². The van der Waals surface area contributed by atoms with Crippen LogP contribution in [0.15, 0.2) is 12.3 Å². The molecule has 2 aromatic heterocycles. The first-order valence-electron chi connectivity index (χ1n) is 6.61. The third-order valence-corrected chi connectivity index (χ3v) is 4.07. The number of aromatic nitrogens is 3. The lowest BCUT2D eigenvalue weighted by Gasteiger charge is -2.17. The van der Waals surface area contributed by atoms with Crippen molar-refractivity contribution < 1.29 is 0 Å². The first-order valence-corrected chi connectivity index (χ1v) is 7.80. The van der Waals surface area contributed by atoms with Crippen molar-refractivity contribution in [2.75, 3.05) is 5.32 Å². The van der Waals surface area contributed by atoms with Crippen LogP contribution in [0.1, 0.15) is 43.4 Å². The predicted molar refractivity (Wildman–Crippen MR) is 84.6 cm³/mol. The van der Waals surface area contributed by atoms with Crippen LogP contribution >= 0.6 is 22.9 Å². The summed E-state index contributed by atoms with van der Waals surface area (Å²) in [5.41, 5.74) is -0.127. The standard InChI is InChI=1S/C14H19ClN4S/c1-5-9-7-17-12(20-9)8-16-11-6-10(15)18-13(19-11)14(2,3)4/h6-7H,5,8H2,1-4H3,(H,16,18,19). The van der Waals surface area contributed by atoms with Gasteiger partial charge in [-0.1, -0.05) is 39.3 Å². The maximum absolute atomic E-state index is 6.06. The van der Waals surface area contributed by atoms with Crippen LogP contribution in [0.25, 0.3) is 0 Å². The van der Waals surface area contributed by atoms with Crippen molar-refractivity contribution in [3.05, 3.63) is 33.1 Å². The Bertz CT molecular complexity index is 589. The van der Waals surface area contributed by atoms with E-state index in [0.29, 0.717) is 11.7 Å². The van der Waals surface area contributed by atoms with Gasteiger partial charge in [0.1, 0.15) is 21.8 Å². The van der Waals surface area contributed by atoms with E-state index in [1.54, 1.807) is 17.4 Å². The lowest BCUT2D eigenvalue weighted by atomic mass is 9.96. The third kappa shape index (κ3) is 3.90. The Labute approximate surface area is 128 Å². The van der Waals surface area contributed by atoms with Crippen LogP contribution < -0.4 is 5.32 Å². The van der Waals surface area contributed by atoms with Gasteiger partial charge >= 0.3 is 0 Å². The second-order valence-electron chi connectivity index (χ2n) is 5.58. The largest absolute Gasteiger partial charge is 0.363 e. The van der Waals surface area contributed by atoms with Crippen molar-refractivity contribution in [2.24, 2.45) is 0 Å². The van der Waals surface area contributed by atoms with Gasteiger partial charge in [0, 0.05) is 22.6 Å². The van der Waals surface area contributed by atoms with Crippen molar-refractivity contribution in [3.63, 3.8) is 0 Å². The van der Waals surface area contributed by atoms with Gasteiger partial charge in [0.25, 0.3) is 0 Å². The zero-order chi connectivity index (χ0) is 14.8. The highest BCUT2D eigenvalue weighted by Gasteiger charge is 2.18. The first-order chi connectivity index (χ1) is 9.38. The molecule has 0 unspecified atom stereocenters. The Morgan fingerprint density at radius 1 is 1.30 bits per heavy atom. The molecular formula is C14H19ClN4S. The van der Waals surface area contributed by atoms with E-state index in [9.17, 15) is 0 Å². The van der Waals surface area contributed by atoms with Crippen LogP contribution in [-0.4, -0.2) is 15.0 Å². The van der Waals surface area contributed by atoms with Crippen molar-refractivity contribution in [2.45, 2.75) is 46.1 Å². The number of rotatable bonds is 4. The van der Waals surface area contributed by atoms with Gasteiger partial charge in [0.2, 0.25) is 0 Å². The Hall–Kier alpha value is -1.20. The van der Waals surface area contributed by atoms with E-state index in [4.69, 9.17) is 11.6 Å². The molecule has 2 rings (SSSR count). The second kappa shape index (κ2) is 6.06. The zero-order valence-corrected chi connectivity index (χ0v) is 13.8. The topological polar surface area (TPSA) is 50.7 Å². The van der Waals surface area contributed by atoms with E-state index in [-0.39, 0.29) is 5.41 Å². The molecule has 4 nitrogen and oxygen atoms in total. The molecule has 0 spiro atoms. The number of aryl methyl sites for hydroxylation is 1. The molecule has 1 N–H and O–H groups in total. The summed E-state index contributed by atoms with van der Waals surface area (Å²) in [7, 11) is 0. The SMILES string of the molecule is CCc1cnc(CNc2cc(Cl)nc(C(C)(C)C)n2)s1. The molecule has 0 saturated heterocycles. The number of anilines is 1. The molecule has 0 radical (unpaired) electrons. The molecule has 0 aliphatic carbocycles. The Morgan fingerprint density at radius 3 is 2.65 bits per heavy atom. The van der Waals surface area contributed by atoms with E-state index in [0.717, 1.165) is 23.1 Å². The molecule has 0 atom stereocenters. The molecule has 2 aromatic rings. The first kappa shape index (κ1) is 15.2. The third-order valence-electron chi connectivity index (χ3n) is 2.74. The van der Waals surface area contributed by atoms with Gasteiger partial charge in [0.15, 0.2) is 0 Å². The number of hydrogen-bond acceptors (Lipinski definition) is 5. The van der Waals surface area contributed by atoms with Crippen LogP contribution in [0.3, 0.4) is 0 Å². The average Bonchev–Trinajstić information content (AvgIpc) is 2.82. The summed E-state index contributed by atoms with van der Waals surface area (Å²) >= 11 is 7.78. The molecule has 0 aliphatic rings. The Kier molecular flexibility index (Phi) is 4.60. The summed E-state index contributed by atoms with van der Waals surface area (Å²) in [6.45, 7) is 8.98. The average molecular weight is 311 g/mol. The molecule has 0 bridgehead atoms. The van der Waals surface area contributed by atoms with Crippen LogP contribution in [0, 0.1) is 0 Å². The van der Waals surface area contributed by atoms with Gasteiger partial charge < -0.3 is 5.32 Å². The second-order valence-corrected chi connectivity index (χ2v) is 7.16. The molecule has 0 aliphatic heterocycles. The van der Waals surface area contributed by atoms with E-state index < -0.39 is 0 Å². The Morgan fingerprint density at radius 2 is 2.05 bits per heavy atom. The summed E-state index contributed by atoms with van der Waals surface area (Å²) in [5, 5.41) is 4.77. The quantitative estimate of drug-likeness (QED) is 0.865. The summed E-state index contributed by atoms with van der Waals surface area (Å²) in [6.07, 6.45) is 2.94. The number of thiazole rings is 1. The smallest absolute Gasteiger partial charge is 0.137 e. The van der Waals surface area contributed by atoms with Crippen molar-refractivity contribution in [1.82, 2.24) is 15.0 Å². The van der Waals surface area contributed by atoms with Gasteiger partial charge in [-0.3, -0.25) is 0 Å². The molecule has 6 heteroatoms. The number of nitrogens with zero attached hydrogens (tertiary/aromatic N) is 3. The minimum atomic E-state index is -0.127. The van der Waals surface area contributed by atoms with Crippen LogP contribution in [0.5, 0.6) is 0 Å². The molecule has 108 valence electrons. The highest BCUT2D eigenvalue weighted by Crippen LogP contribution is 2.23. The summed E-state index contributed by atoms with van der Waals surface area (Å²) in [5.74, 6) is 1.48. The monoisotopic (exact) mass is 310 g/mol. The minimum absolute atomic E-state index is 0.127. The predicted octanol–water partition coefficient (Wildman–Crippen LogP) is 4.06. The fraction of sp³-hybridized carbons (Fsp3) is 0.500. The van der Waals surface area contributed by atoms with Crippen LogP contribution in [-0.2, 0) is 18.4 Å². The maximum Gasteiger partial charge on any atom is 0.137 e. The normalized spacial score (nSPS) is 11.7. The van der Waals surface area contributed by atoms with Gasteiger partial charge in [0.05, 0.1) is 6.54 Å². The highest BCUT2D eigenvalue weighted by molar-refractivity contribution is 7.11. The fourth-order valence-electron chi connectivity index (χ4n) is 1.60. The van der Waals surface area contributed by atoms with Gasteiger partial charge in [-0.15, -0.1) is 11.3 Å². The maximum atomic E-state index is 6.06. The van der Waals surface area contributed by atoms with Gasteiger partial charge in [-0.25, -0.2) is 15.0 Å². The van der Waals surface area contributed by atoms with E-state index >= 15 is 0 Å². The number of halogens is 1. The van der Waals surface area contributed by atoms with Crippen molar-refractivity contribution >= 4 is 28.8 Å². The van der Waals surface area contributed by atoms with Gasteiger partial charge in [-0.05, 0) is 6.42 Å². The molecule has 0 aromatic carbocycles. The van der Waals surface area contributed by atoms with E-state index in [1.165, 1.54) is 4.88 Å². The molecule has 2 heterocycles. The molecule has 0 amide bonds. The zero-order valence-electron chi connectivity index (χ0n) is 12.2. The number of hydrogen-bond donors (Lipinski definition) is 1.